The van der Waals surface area contributed by atoms with Crippen molar-refractivity contribution in [3.63, 3.8) is 0 Å². The highest BCUT2D eigenvalue weighted by Gasteiger charge is 2.40. The Morgan fingerprint density at radius 1 is 1.42 bits per heavy atom. The summed E-state index contributed by atoms with van der Waals surface area (Å²) in [7, 11) is 1.74. The highest BCUT2D eigenvalue weighted by Crippen LogP contribution is 2.44. The van der Waals surface area contributed by atoms with Crippen LogP contribution in [0.2, 0.25) is 0 Å². The molecule has 1 heterocycles. The molecular weight excluding hydrogens is 238 g/mol. The number of likely N-dealkylation sites (tertiary alicyclic amines) is 1. The molecule has 0 N–H and O–H groups in total. The van der Waals surface area contributed by atoms with E-state index in [1.165, 1.54) is 11.1 Å². The van der Waals surface area contributed by atoms with Gasteiger partial charge >= 0.3 is 0 Å². The Bertz CT molecular complexity index is 498. The third-order valence-electron chi connectivity index (χ3n) is 4.65. The number of benzene rings is 1. The topological polar surface area (TPSA) is 29.5 Å². The van der Waals surface area contributed by atoms with Gasteiger partial charge in [0.15, 0.2) is 0 Å². The smallest absolute Gasteiger partial charge is 0.222 e. The molecule has 1 fully saturated rings. The van der Waals surface area contributed by atoms with Crippen molar-refractivity contribution in [3.8, 4) is 5.75 Å². The minimum Gasteiger partial charge on any atom is -0.496 e. The van der Waals surface area contributed by atoms with Crippen LogP contribution in [0.5, 0.6) is 5.75 Å². The van der Waals surface area contributed by atoms with Gasteiger partial charge < -0.3 is 9.64 Å². The van der Waals surface area contributed by atoms with E-state index in [1.54, 1.807) is 7.11 Å². The SMILES string of the molecule is CCC(=O)N1CC[C@@H]2c3cccc(OC)c3CC[C@@H]21. The highest BCUT2D eigenvalue weighted by atomic mass is 16.5. The molecule has 0 bridgehead atoms. The van der Waals surface area contributed by atoms with E-state index in [0.29, 0.717) is 24.3 Å². The Morgan fingerprint density at radius 3 is 3.00 bits per heavy atom. The Labute approximate surface area is 114 Å². The summed E-state index contributed by atoms with van der Waals surface area (Å²) in [6, 6.07) is 6.74. The summed E-state index contributed by atoms with van der Waals surface area (Å²) < 4.78 is 5.48. The summed E-state index contributed by atoms with van der Waals surface area (Å²) in [5.74, 6) is 1.82. The largest absolute Gasteiger partial charge is 0.496 e. The van der Waals surface area contributed by atoms with Crippen molar-refractivity contribution in [2.75, 3.05) is 13.7 Å². The van der Waals surface area contributed by atoms with Crippen LogP contribution >= 0.6 is 0 Å². The minimum absolute atomic E-state index is 0.304. The summed E-state index contributed by atoms with van der Waals surface area (Å²) in [6.07, 6.45) is 3.81. The zero-order chi connectivity index (χ0) is 13.4. The maximum Gasteiger partial charge on any atom is 0.222 e. The molecule has 2 atom stereocenters. The van der Waals surface area contributed by atoms with E-state index in [9.17, 15) is 4.79 Å². The van der Waals surface area contributed by atoms with Crippen LogP contribution in [0.4, 0.5) is 0 Å². The van der Waals surface area contributed by atoms with E-state index in [0.717, 1.165) is 31.6 Å². The molecule has 1 amide bonds. The predicted molar refractivity (Wildman–Crippen MR) is 74.5 cm³/mol. The second kappa shape index (κ2) is 4.87. The second-order valence-corrected chi connectivity index (χ2v) is 5.47. The van der Waals surface area contributed by atoms with E-state index in [-0.39, 0.29) is 0 Å². The van der Waals surface area contributed by atoms with Crippen LogP contribution in [0.1, 0.15) is 43.2 Å². The van der Waals surface area contributed by atoms with Crippen LogP contribution in [0.25, 0.3) is 0 Å². The molecule has 1 aromatic rings. The van der Waals surface area contributed by atoms with Crippen molar-refractivity contribution in [2.24, 2.45) is 0 Å². The van der Waals surface area contributed by atoms with Crippen LogP contribution in [0.3, 0.4) is 0 Å². The van der Waals surface area contributed by atoms with Crippen LogP contribution < -0.4 is 4.74 Å². The Hall–Kier alpha value is -1.51. The van der Waals surface area contributed by atoms with E-state index in [4.69, 9.17) is 4.74 Å². The van der Waals surface area contributed by atoms with Crippen LogP contribution in [0.15, 0.2) is 18.2 Å². The molecule has 0 radical (unpaired) electrons. The molecule has 102 valence electrons. The van der Waals surface area contributed by atoms with Gasteiger partial charge in [0, 0.05) is 24.9 Å². The normalized spacial score (nSPS) is 24.8. The number of fused-ring (bicyclic) bond motifs is 3. The summed E-state index contributed by atoms with van der Waals surface area (Å²) in [5.41, 5.74) is 2.76. The lowest BCUT2D eigenvalue weighted by atomic mass is 9.79. The molecule has 0 spiro atoms. The van der Waals surface area contributed by atoms with Gasteiger partial charge in [-0.1, -0.05) is 19.1 Å². The fourth-order valence-corrected chi connectivity index (χ4v) is 3.77. The molecule has 3 heteroatoms. The van der Waals surface area contributed by atoms with Gasteiger partial charge in [-0.2, -0.15) is 0 Å². The maximum atomic E-state index is 12.0. The van der Waals surface area contributed by atoms with Crippen molar-refractivity contribution >= 4 is 5.91 Å². The monoisotopic (exact) mass is 259 g/mol. The van der Waals surface area contributed by atoms with Crippen LogP contribution in [-0.4, -0.2) is 30.5 Å². The van der Waals surface area contributed by atoms with E-state index < -0.39 is 0 Å². The lowest BCUT2D eigenvalue weighted by Crippen LogP contribution is -2.39. The maximum absolute atomic E-state index is 12.0. The number of ether oxygens (including phenoxy) is 1. The highest BCUT2D eigenvalue weighted by molar-refractivity contribution is 5.77. The molecule has 19 heavy (non-hydrogen) atoms. The predicted octanol–water partition coefficient (Wildman–Crippen LogP) is 2.74. The second-order valence-electron chi connectivity index (χ2n) is 5.47. The Balaban J connectivity index is 1.94. The van der Waals surface area contributed by atoms with Crippen molar-refractivity contribution in [1.82, 2.24) is 4.90 Å². The summed E-state index contributed by atoms with van der Waals surface area (Å²) in [6.45, 7) is 2.87. The third kappa shape index (κ3) is 1.92. The van der Waals surface area contributed by atoms with Gasteiger partial charge in [-0.3, -0.25) is 4.79 Å². The van der Waals surface area contributed by atoms with E-state index in [1.807, 2.05) is 13.0 Å². The molecule has 3 rings (SSSR count). The number of amides is 1. The average Bonchev–Trinajstić information content (AvgIpc) is 2.90. The minimum atomic E-state index is 0.304. The zero-order valence-electron chi connectivity index (χ0n) is 11.7. The van der Waals surface area contributed by atoms with Gasteiger partial charge in [-0.05, 0) is 36.5 Å². The lowest BCUT2D eigenvalue weighted by molar-refractivity contribution is -0.131. The standard InChI is InChI=1S/C16H21NO2/c1-3-16(18)17-10-9-12-11-5-4-6-15(19-2)13(11)7-8-14(12)17/h4-6,12,14H,3,7-10H2,1-2H3/t12-,14+/m1/s1. The molecule has 0 aromatic heterocycles. The van der Waals surface area contributed by atoms with Gasteiger partial charge in [0.05, 0.1) is 7.11 Å². The third-order valence-corrected chi connectivity index (χ3v) is 4.65. The molecule has 1 aromatic carbocycles. The molecule has 1 aliphatic heterocycles. The van der Waals surface area contributed by atoms with Crippen LogP contribution in [-0.2, 0) is 11.2 Å². The molecule has 2 aliphatic rings. The molecule has 3 nitrogen and oxygen atoms in total. The molecule has 1 aliphatic carbocycles. The molecular formula is C16H21NO2. The number of methoxy groups -OCH3 is 1. The first kappa shape index (κ1) is 12.5. The van der Waals surface area contributed by atoms with Gasteiger partial charge in [0.1, 0.15) is 5.75 Å². The molecule has 1 saturated heterocycles. The molecule has 0 saturated carbocycles. The summed E-state index contributed by atoms with van der Waals surface area (Å²) in [5, 5.41) is 0. The first-order valence-electron chi connectivity index (χ1n) is 7.21. The van der Waals surface area contributed by atoms with Crippen LogP contribution in [0, 0.1) is 0 Å². The van der Waals surface area contributed by atoms with Crippen molar-refractivity contribution in [3.05, 3.63) is 29.3 Å². The zero-order valence-corrected chi connectivity index (χ0v) is 11.7. The summed E-state index contributed by atoms with van der Waals surface area (Å²) in [4.78, 5) is 14.1. The lowest BCUT2D eigenvalue weighted by Gasteiger charge is -2.33. The average molecular weight is 259 g/mol. The first-order chi connectivity index (χ1) is 9.26. The number of hydrogen-bond donors (Lipinski definition) is 0. The quantitative estimate of drug-likeness (QED) is 0.817. The van der Waals surface area contributed by atoms with Crippen molar-refractivity contribution in [1.29, 1.82) is 0 Å². The van der Waals surface area contributed by atoms with E-state index >= 15 is 0 Å². The van der Waals surface area contributed by atoms with Gasteiger partial charge in [0.2, 0.25) is 5.91 Å². The Kier molecular flexibility index (Phi) is 3.21. The van der Waals surface area contributed by atoms with Crippen molar-refractivity contribution < 1.29 is 9.53 Å². The van der Waals surface area contributed by atoms with Gasteiger partial charge in [-0.15, -0.1) is 0 Å². The number of carbonyl (C=O) groups is 1. The van der Waals surface area contributed by atoms with Gasteiger partial charge in [0.25, 0.3) is 0 Å². The number of carbonyl (C=O) groups excluding carboxylic acids is 1. The number of rotatable bonds is 2. The van der Waals surface area contributed by atoms with Gasteiger partial charge in [-0.25, -0.2) is 0 Å². The van der Waals surface area contributed by atoms with Crippen molar-refractivity contribution in [2.45, 2.75) is 44.6 Å². The summed E-state index contributed by atoms with van der Waals surface area (Å²) >= 11 is 0. The Morgan fingerprint density at radius 2 is 2.26 bits per heavy atom. The fraction of sp³-hybridized carbons (Fsp3) is 0.562. The molecule has 0 unspecified atom stereocenters. The fourth-order valence-electron chi connectivity index (χ4n) is 3.77. The number of nitrogens with zero attached hydrogens (tertiary/aromatic N) is 1. The number of hydrogen-bond acceptors (Lipinski definition) is 2. The van der Waals surface area contributed by atoms with E-state index in [2.05, 4.69) is 17.0 Å². The first-order valence-corrected chi connectivity index (χ1v) is 7.21.